The Labute approximate surface area is 174 Å². The van der Waals surface area contributed by atoms with Gasteiger partial charge in [-0.05, 0) is 31.7 Å². The first-order chi connectivity index (χ1) is 13.3. The predicted octanol–water partition coefficient (Wildman–Crippen LogP) is 2.07. The number of piperidine rings is 1. The average molecular weight is 422 g/mol. The van der Waals surface area contributed by atoms with Gasteiger partial charge in [-0.15, -0.1) is 12.4 Å². The molecule has 1 aliphatic heterocycles. The van der Waals surface area contributed by atoms with E-state index < -0.39 is 16.3 Å². The molecule has 10 heteroatoms. The largest absolute Gasteiger partial charge is 0.333 e. The second-order valence-corrected chi connectivity index (χ2v) is 7.17. The van der Waals surface area contributed by atoms with E-state index in [-0.39, 0.29) is 35.5 Å². The smallest absolute Gasteiger partial charge is 0.294 e. The van der Waals surface area contributed by atoms with E-state index in [0.29, 0.717) is 24.7 Å². The molecule has 29 heavy (non-hydrogen) atoms. The first-order valence-corrected chi connectivity index (χ1v) is 9.19. The second kappa shape index (κ2) is 9.15. The molecule has 1 aromatic heterocycles. The molecule has 0 saturated carbocycles. The van der Waals surface area contributed by atoms with Gasteiger partial charge in [0.1, 0.15) is 5.69 Å². The Morgan fingerprint density at radius 3 is 2.72 bits per heavy atom. The maximum atomic E-state index is 13.1. The molecule has 1 amide bonds. The number of para-hydroxylation sites is 2. The normalized spacial score (nSPS) is 18.8. The third-order valence-corrected chi connectivity index (χ3v) is 5.13. The Morgan fingerprint density at radius 1 is 1.38 bits per heavy atom. The van der Waals surface area contributed by atoms with E-state index in [1.807, 2.05) is 0 Å². The van der Waals surface area contributed by atoms with Crippen LogP contribution in [0.4, 0.5) is 5.69 Å². The summed E-state index contributed by atoms with van der Waals surface area (Å²) >= 11 is 0. The zero-order valence-corrected chi connectivity index (χ0v) is 17.1. The highest BCUT2D eigenvalue weighted by Crippen LogP contribution is 2.24. The van der Waals surface area contributed by atoms with E-state index in [1.54, 1.807) is 24.0 Å². The SMILES string of the molecule is Cc1cc(=O)c(C(=O)N2CCC(C)CC2CN)nn1-c1ccccc1[N+](=O)[O-].Cl. The van der Waals surface area contributed by atoms with Gasteiger partial charge in [0.05, 0.1) is 4.92 Å². The summed E-state index contributed by atoms with van der Waals surface area (Å²) < 4.78 is 1.27. The lowest BCUT2D eigenvalue weighted by Gasteiger charge is -2.37. The van der Waals surface area contributed by atoms with Gasteiger partial charge < -0.3 is 10.6 Å². The lowest BCUT2D eigenvalue weighted by atomic mass is 9.92. The zero-order chi connectivity index (χ0) is 20.4. The Balaban J connectivity index is 0.00000300. The number of nitro groups is 1. The Bertz CT molecular complexity index is 977. The molecule has 2 unspecified atom stereocenters. The highest BCUT2D eigenvalue weighted by molar-refractivity contribution is 5.92. The van der Waals surface area contributed by atoms with E-state index in [9.17, 15) is 19.7 Å². The van der Waals surface area contributed by atoms with Crippen molar-refractivity contribution < 1.29 is 9.72 Å². The number of hydrogen-bond acceptors (Lipinski definition) is 6. The van der Waals surface area contributed by atoms with Crippen LogP contribution in [-0.4, -0.2) is 44.6 Å². The average Bonchev–Trinajstić information content (AvgIpc) is 2.67. The van der Waals surface area contributed by atoms with Crippen molar-refractivity contribution in [1.29, 1.82) is 0 Å². The predicted molar refractivity (Wildman–Crippen MR) is 111 cm³/mol. The number of nitrogens with two attached hydrogens (primary N) is 1. The standard InChI is InChI=1S/C19H23N5O4.ClH/c1-12-7-8-22(14(9-12)11-20)19(26)18-17(25)10-13(2)23(21-18)15-5-3-4-6-16(15)24(27)28;/h3-6,10,12,14H,7-9,11,20H2,1-2H3;1H. The number of nitrogens with zero attached hydrogens (tertiary/aromatic N) is 4. The van der Waals surface area contributed by atoms with E-state index in [0.717, 1.165) is 12.8 Å². The fraction of sp³-hybridized carbons (Fsp3) is 0.421. The number of aromatic nitrogens is 2. The second-order valence-electron chi connectivity index (χ2n) is 7.17. The number of likely N-dealkylation sites (tertiary alicyclic amines) is 1. The number of nitro benzene ring substituents is 1. The topological polar surface area (TPSA) is 124 Å². The molecular formula is C19H24ClN5O4. The summed E-state index contributed by atoms with van der Waals surface area (Å²) in [5.41, 5.74) is 5.51. The third kappa shape index (κ3) is 4.46. The van der Waals surface area contributed by atoms with Crippen LogP contribution in [0.1, 0.15) is 35.9 Å². The van der Waals surface area contributed by atoms with Crippen molar-refractivity contribution in [1.82, 2.24) is 14.7 Å². The molecule has 3 rings (SSSR count). The van der Waals surface area contributed by atoms with Gasteiger partial charge in [-0.25, -0.2) is 4.68 Å². The Kier molecular flexibility index (Phi) is 7.10. The van der Waals surface area contributed by atoms with Crippen molar-refractivity contribution in [2.24, 2.45) is 11.7 Å². The first-order valence-electron chi connectivity index (χ1n) is 9.19. The van der Waals surface area contributed by atoms with Gasteiger partial charge in [-0.2, -0.15) is 5.10 Å². The van der Waals surface area contributed by atoms with Gasteiger partial charge in [0, 0.05) is 37.0 Å². The van der Waals surface area contributed by atoms with Crippen molar-refractivity contribution in [2.45, 2.75) is 32.7 Å². The highest BCUT2D eigenvalue weighted by atomic mass is 35.5. The molecule has 1 fully saturated rings. The van der Waals surface area contributed by atoms with Crippen LogP contribution in [-0.2, 0) is 0 Å². The van der Waals surface area contributed by atoms with Crippen molar-refractivity contribution in [2.75, 3.05) is 13.1 Å². The van der Waals surface area contributed by atoms with Crippen LogP contribution in [0.5, 0.6) is 0 Å². The molecule has 0 radical (unpaired) electrons. The van der Waals surface area contributed by atoms with E-state index in [4.69, 9.17) is 5.73 Å². The summed E-state index contributed by atoms with van der Waals surface area (Å²) in [6, 6.07) is 7.19. The van der Waals surface area contributed by atoms with Crippen LogP contribution < -0.4 is 11.2 Å². The van der Waals surface area contributed by atoms with E-state index >= 15 is 0 Å². The van der Waals surface area contributed by atoms with Crippen molar-refractivity contribution in [3.8, 4) is 5.69 Å². The number of aryl methyl sites for hydroxylation is 1. The number of rotatable bonds is 4. The van der Waals surface area contributed by atoms with Gasteiger partial charge in [-0.3, -0.25) is 19.7 Å². The molecule has 2 aromatic rings. The van der Waals surface area contributed by atoms with E-state index in [1.165, 1.54) is 22.9 Å². The number of carbonyl (C=O) groups is 1. The number of hydrogen-bond donors (Lipinski definition) is 1. The van der Waals surface area contributed by atoms with Gasteiger partial charge in [-0.1, -0.05) is 19.1 Å². The van der Waals surface area contributed by atoms with Crippen LogP contribution in [0.25, 0.3) is 5.69 Å². The number of halogens is 1. The molecular weight excluding hydrogens is 398 g/mol. The molecule has 2 atom stereocenters. The van der Waals surface area contributed by atoms with Gasteiger partial charge in [0.2, 0.25) is 5.43 Å². The summed E-state index contributed by atoms with van der Waals surface area (Å²) in [4.78, 5) is 38.0. The monoisotopic (exact) mass is 421 g/mol. The summed E-state index contributed by atoms with van der Waals surface area (Å²) in [6.07, 6.45) is 1.60. The maximum absolute atomic E-state index is 13.1. The highest BCUT2D eigenvalue weighted by Gasteiger charge is 2.32. The summed E-state index contributed by atoms with van der Waals surface area (Å²) in [5, 5.41) is 15.6. The van der Waals surface area contributed by atoms with Crippen molar-refractivity contribution in [3.63, 3.8) is 0 Å². The molecule has 0 bridgehead atoms. The quantitative estimate of drug-likeness (QED) is 0.595. The van der Waals surface area contributed by atoms with E-state index in [2.05, 4.69) is 12.0 Å². The Morgan fingerprint density at radius 2 is 2.07 bits per heavy atom. The first kappa shape index (κ1) is 22.5. The molecule has 9 nitrogen and oxygen atoms in total. The lowest BCUT2D eigenvalue weighted by Crippen LogP contribution is -2.50. The van der Waals surface area contributed by atoms with Crippen LogP contribution in [0.3, 0.4) is 0 Å². The van der Waals surface area contributed by atoms with Gasteiger partial charge in [0.15, 0.2) is 5.69 Å². The van der Waals surface area contributed by atoms with Crippen LogP contribution >= 0.6 is 12.4 Å². The summed E-state index contributed by atoms with van der Waals surface area (Å²) in [5.74, 6) is -0.0353. The van der Waals surface area contributed by atoms with Gasteiger partial charge >= 0.3 is 0 Å². The lowest BCUT2D eigenvalue weighted by molar-refractivity contribution is -0.384. The summed E-state index contributed by atoms with van der Waals surface area (Å²) in [6.45, 7) is 4.53. The fourth-order valence-electron chi connectivity index (χ4n) is 3.62. The molecule has 1 saturated heterocycles. The fourth-order valence-corrected chi connectivity index (χ4v) is 3.62. The van der Waals surface area contributed by atoms with Crippen molar-refractivity contribution >= 4 is 24.0 Å². The summed E-state index contributed by atoms with van der Waals surface area (Å²) in [7, 11) is 0. The Hall–Kier alpha value is -2.78. The molecule has 0 spiro atoms. The van der Waals surface area contributed by atoms with Crippen LogP contribution in [0.15, 0.2) is 35.1 Å². The minimum absolute atomic E-state index is 0. The molecule has 0 aliphatic carbocycles. The van der Waals surface area contributed by atoms with Crippen LogP contribution in [0, 0.1) is 23.0 Å². The number of amides is 1. The molecule has 1 aromatic carbocycles. The zero-order valence-electron chi connectivity index (χ0n) is 16.3. The minimum Gasteiger partial charge on any atom is -0.333 e. The number of carbonyl (C=O) groups excluding carboxylic acids is 1. The molecule has 1 aliphatic rings. The van der Waals surface area contributed by atoms with Crippen LogP contribution in [0.2, 0.25) is 0 Å². The molecule has 2 N–H and O–H groups in total. The van der Waals surface area contributed by atoms with Crippen molar-refractivity contribution in [3.05, 3.63) is 62.1 Å². The maximum Gasteiger partial charge on any atom is 0.294 e. The number of benzene rings is 1. The van der Waals surface area contributed by atoms with Gasteiger partial charge in [0.25, 0.3) is 11.6 Å². The molecule has 2 heterocycles. The minimum atomic E-state index is -0.521. The molecule has 156 valence electrons. The third-order valence-electron chi connectivity index (χ3n) is 5.13.